The van der Waals surface area contributed by atoms with Crippen LogP contribution < -0.4 is 5.73 Å². The number of aromatic nitrogens is 3. The number of anilines is 1. The summed E-state index contributed by atoms with van der Waals surface area (Å²) in [4.78, 5) is 4.44. The summed E-state index contributed by atoms with van der Waals surface area (Å²) in [6.45, 7) is 1.98. The van der Waals surface area contributed by atoms with E-state index in [2.05, 4.69) is 10.1 Å². The van der Waals surface area contributed by atoms with Crippen molar-refractivity contribution in [3.05, 3.63) is 30.1 Å². The van der Waals surface area contributed by atoms with Gasteiger partial charge in [0.1, 0.15) is 5.82 Å². The molecule has 0 spiro atoms. The van der Waals surface area contributed by atoms with E-state index in [1.807, 2.05) is 36.7 Å². The van der Waals surface area contributed by atoms with Crippen LogP contribution in [0, 0.1) is 6.92 Å². The molecule has 0 radical (unpaired) electrons. The molecule has 5 heteroatoms. The fraction of sp³-hybridized carbons (Fsp3) is 0.167. The Hall–Kier alpha value is -2.30. The Labute approximate surface area is 97.8 Å². The third kappa shape index (κ3) is 1.47. The topological polar surface area (TPSA) is 69.9 Å². The number of nitrogens with two attached hydrogens (primary N) is 1. The van der Waals surface area contributed by atoms with Crippen LogP contribution in [0.5, 0.6) is 0 Å². The van der Waals surface area contributed by atoms with E-state index in [-0.39, 0.29) is 0 Å². The van der Waals surface area contributed by atoms with E-state index in [0.29, 0.717) is 11.6 Å². The summed E-state index contributed by atoms with van der Waals surface area (Å²) in [6, 6.07) is 7.66. The van der Waals surface area contributed by atoms with Crippen LogP contribution in [0.1, 0.15) is 5.82 Å². The minimum atomic E-state index is 0.390. The summed E-state index contributed by atoms with van der Waals surface area (Å²) in [7, 11) is 1.99. The number of benzene rings is 1. The molecule has 3 aromatic rings. The Bertz CT molecular complexity index is 696. The number of hydrogen-bond donors (Lipinski definition) is 1. The van der Waals surface area contributed by atoms with E-state index < -0.39 is 0 Å². The van der Waals surface area contributed by atoms with E-state index in [1.165, 1.54) is 0 Å². The van der Waals surface area contributed by atoms with E-state index in [4.69, 9.17) is 10.3 Å². The van der Waals surface area contributed by atoms with Gasteiger partial charge in [0.25, 0.3) is 0 Å². The molecule has 0 amide bonds. The first-order valence-corrected chi connectivity index (χ1v) is 5.31. The van der Waals surface area contributed by atoms with Crippen molar-refractivity contribution in [2.75, 3.05) is 5.73 Å². The fourth-order valence-electron chi connectivity index (χ4n) is 1.89. The minimum Gasteiger partial charge on any atom is -0.381 e. The molecule has 0 fully saturated rings. The molecule has 86 valence electrons. The van der Waals surface area contributed by atoms with Crippen LogP contribution in [0.3, 0.4) is 0 Å². The monoisotopic (exact) mass is 228 g/mol. The fourth-order valence-corrected chi connectivity index (χ4v) is 1.89. The molecule has 0 bridgehead atoms. The largest absolute Gasteiger partial charge is 0.381 e. The molecule has 0 aliphatic rings. The molecule has 0 aliphatic carbocycles. The van der Waals surface area contributed by atoms with E-state index in [1.54, 1.807) is 6.07 Å². The van der Waals surface area contributed by atoms with Crippen molar-refractivity contribution in [2.45, 2.75) is 6.92 Å². The van der Waals surface area contributed by atoms with Gasteiger partial charge >= 0.3 is 0 Å². The molecule has 17 heavy (non-hydrogen) atoms. The van der Waals surface area contributed by atoms with Gasteiger partial charge in [0.05, 0.1) is 11.0 Å². The standard InChI is InChI=1S/C12H12N4O/c1-7-14-9-4-3-8(5-10(9)16(7)2)11-6-12(13)15-17-11/h3-6H,1-2H3,(H2,13,15). The first-order chi connectivity index (χ1) is 8.15. The lowest BCUT2D eigenvalue weighted by atomic mass is 10.1. The number of nitrogens with zero attached hydrogens (tertiary/aromatic N) is 3. The molecule has 0 saturated carbocycles. The van der Waals surface area contributed by atoms with E-state index in [9.17, 15) is 0 Å². The number of rotatable bonds is 1. The maximum atomic E-state index is 5.54. The van der Waals surface area contributed by atoms with Gasteiger partial charge in [-0.3, -0.25) is 0 Å². The van der Waals surface area contributed by atoms with Gasteiger partial charge in [-0.2, -0.15) is 0 Å². The molecule has 3 rings (SSSR count). The Morgan fingerprint density at radius 2 is 2.12 bits per heavy atom. The van der Waals surface area contributed by atoms with Gasteiger partial charge in [0.2, 0.25) is 0 Å². The predicted octanol–water partition coefficient (Wildman–Crippen LogP) is 2.12. The van der Waals surface area contributed by atoms with Crippen LogP contribution in [0.2, 0.25) is 0 Å². The average Bonchev–Trinajstić information content (AvgIpc) is 2.85. The van der Waals surface area contributed by atoms with Gasteiger partial charge in [-0.1, -0.05) is 5.16 Å². The quantitative estimate of drug-likeness (QED) is 0.692. The second-order valence-corrected chi connectivity index (χ2v) is 4.04. The Kier molecular flexibility index (Phi) is 1.95. The van der Waals surface area contributed by atoms with Crippen LogP contribution in [-0.2, 0) is 7.05 Å². The summed E-state index contributed by atoms with van der Waals surface area (Å²) in [5.41, 5.74) is 8.53. The molecular formula is C12H12N4O. The predicted molar refractivity (Wildman–Crippen MR) is 65.4 cm³/mol. The maximum absolute atomic E-state index is 5.54. The molecule has 0 saturated heterocycles. The van der Waals surface area contributed by atoms with Gasteiger partial charge in [0, 0.05) is 18.7 Å². The van der Waals surface area contributed by atoms with Crippen molar-refractivity contribution in [1.29, 1.82) is 0 Å². The highest BCUT2D eigenvalue weighted by molar-refractivity contribution is 5.81. The highest BCUT2D eigenvalue weighted by Crippen LogP contribution is 2.25. The van der Waals surface area contributed by atoms with Crippen LogP contribution in [-0.4, -0.2) is 14.7 Å². The molecule has 5 nitrogen and oxygen atoms in total. The maximum Gasteiger partial charge on any atom is 0.169 e. The first kappa shape index (κ1) is 9.89. The van der Waals surface area contributed by atoms with Crippen molar-refractivity contribution in [3.63, 3.8) is 0 Å². The third-order valence-electron chi connectivity index (χ3n) is 2.92. The van der Waals surface area contributed by atoms with Gasteiger partial charge < -0.3 is 14.8 Å². The Balaban J connectivity index is 2.22. The van der Waals surface area contributed by atoms with Crippen LogP contribution >= 0.6 is 0 Å². The molecule has 2 heterocycles. The zero-order valence-electron chi connectivity index (χ0n) is 9.64. The van der Waals surface area contributed by atoms with Crippen molar-refractivity contribution >= 4 is 16.9 Å². The molecule has 0 atom stereocenters. The lowest BCUT2D eigenvalue weighted by Gasteiger charge is -1.98. The average molecular weight is 228 g/mol. The van der Waals surface area contributed by atoms with Gasteiger partial charge in [-0.15, -0.1) is 0 Å². The van der Waals surface area contributed by atoms with E-state index in [0.717, 1.165) is 22.4 Å². The molecule has 0 aliphatic heterocycles. The lowest BCUT2D eigenvalue weighted by Crippen LogP contribution is -1.90. The van der Waals surface area contributed by atoms with Crippen LogP contribution in [0.25, 0.3) is 22.4 Å². The van der Waals surface area contributed by atoms with Gasteiger partial charge in [0.15, 0.2) is 11.6 Å². The number of fused-ring (bicyclic) bond motifs is 1. The minimum absolute atomic E-state index is 0.390. The smallest absolute Gasteiger partial charge is 0.169 e. The third-order valence-corrected chi connectivity index (χ3v) is 2.92. The first-order valence-electron chi connectivity index (χ1n) is 5.31. The van der Waals surface area contributed by atoms with Crippen molar-refractivity contribution in [2.24, 2.45) is 7.05 Å². The number of nitrogen functional groups attached to an aromatic ring is 1. The van der Waals surface area contributed by atoms with Crippen molar-refractivity contribution in [3.8, 4) is 11.3 Å². The van der Waals surface area contributed by atoms with Gasteiger partial charge in [-0.25, -0.2) is 4.98 Å². The molecule has 2 N–H and O–H groups in total. The molecule has 2 aromatic heterocycles. The summed E-state index contributed by atoms with van der Waals surface area (Å²) >= 11 is 0. The number of hydrogen-bond acceptors (Lipinski definition) is 4. The van der Waals surface area contributed by atoms with Crippen LogP contribution in [0.15, 0.2) is 28.8 Å². The second kappa shape index (κ2) is 3.35. The normalized spacial score (nSPS) is 11.2. The zero-order valence-corrected chi connectivity index (χ0v) is 9.64. The Morgan fingerprint density at radius 1 is 1.29 bits per heavy atom. The van der Waals surface area contributed by atoms with Crippen molar-refractivity contribution < 1.29 is 4.52 Å². The highest BCUT2D eigenvalue weighted by Gasteiger charge is 2.09. The molecule has 1 aromatic carbocycles. The summed E-state index contributed by atoms with van der Waals surface area (Å²) in [5.74, 6) is 2.04. The van der Waals surface area contributed by atoms with Gasteiger partial charge in [-0.05, 0) is 25.1 Å². The number of aryl methyl sites for hydroxylation is 2. The second-order valence-electron chi connectivity index (χ2n) is 4.04. The molecule has 0 unspecified atom stereocenters. The zero-order chi connectivity index (χ0) is 12.0. The SMILES string of the molecule is Cc1nc2ccc(-c3cc(N)no3)cc2n1C. The lowest BCUT2D eigenvalue weighted by molar-refractivity contribution is 0.436. The number of imidazole rings is 1. The molecular weight excluding hydrogens is 216 g/mol. The van der Waals surface area contributed by atoms with E-state index >= 15 is 0 Å². The van der Waals surface area contributed by atoms with Crippen molar-refractivity contribution in [1.82, 2.24) is 14.7 Å². The van der Waals surface area contributed by atoms with Crippen LogP contribution in [0.4, 0.5) is 5.82 Å². The Morgan fingerprint density at radius 3 is 2.82 bits per heavy atom. The summed E-state index contributed by atoms with van der Waals surface area (Å²) < 4.78 is 7.18. The summed E-state index contributed by atoms with van der Waals surface area (Å²) in [6.07, 6.45) is 0. The summed E-state index contributed by atoms with van der Waals surface area (Å²) in [5, 5.41) is 3.68. The highest BCUT2D eigenvalue weighted by atomic mass is 16.5.